The third-order valence-electron chi connectivity index (χ3n) is 6.26. The van der Waals surface area contributed by atoms with Crippen molar-refractivity contribution in [2.45, 2.75) is 38.3 Å². The predicted molar refractivity (Wildman–Crippen MR) is 117 cm³/mol. The van der Waals surface area contributed by atoms with E-state index in [4.69, 9.17) is 14.5 Å². The van der Waals surface area contributed by atoms with Crippen LogP contribution in [0.25, 0.3) is 0 Å². The van der Waals surface area contributed by atoms with Gasteiger partial charge in [-0.1, -0.05) is 0 Å². The molecule has 0 radical (unpaired) electrons. The number of fused-ring (bicyclic) bond motifs is 1. The van der Waals surface area contributed by atoms with E-state index in [9.17, 15) is 5.26 Å². The third-order valence-corrected chi connectivity index (χ3v) is 6.26. The molecule has 4 heterocycles. The van der Waals surface area contributed by atoms with E-state index in [2.05, 4.69) is 33.6 Å². The summed E-state index contributed by atoms with van der Waals surface area (Å²) in [6.07, 6.45) is 4.38. The number of pyridine rings is 1. The lowest BCUT2D eigenvalue weighted by Gasteiger charge is -2.29. The molecule has 3 aliphatic heterocycles. The van der Waals surface area contributed by atoms with Gasteiger partial charge in [0.05, 0.1) is 24.9 Å². The normalized spacial score (nSPS) is 22.5. The lowest BCUT2D eigenvalue weighted by molar-refractivity contribution is 0.0378. The molecule has 3 aliphatic rings. The Balaban J connectivity index is 1.45. The van der Waals surface area contributed by atoms with Crippen LogP contribution in [0.2, 0.25) is 0 Å². The van der Waals surface area contributed by atoms with Gasteiger partial charge in [0.2, 0.25) is 0 Å². The first-order valence-corrected chi connectivity index (χ1v) is 11.3. The molecule has 0 aromatic carbocycles. The number of hydrogen-bond acceptors (Lipinski definition) is 8. The average molecular weight is 415 g/mol. The zero-order valence-electron chi connectivity index (χ0n) is 18.1. The van der Waals surface area contributed by atoms with Gasteiger partial charge in [-0.3, -0.25) is 4.90 Å². The Morgan fingerprint density at radius 1 is 1.13 bits per heavy atom. The van der Waals surface area contributed by atoms with Gasteiger partial charge in [-0.2, -0.15) is 5.26 Å². The summed E-state index contributed by atoms with van der Waals surface area (Å²) in [5, 5.41) is 16.9. The number of anilines is 2. The van der Waals surface area contributed by atoms with Crippen molar-refractivity contribution in [1.82, 2.24) is 14.8 Å². The standard InChI is InChI=1S/C22H34N6O2/c1-27-8-5-18-19(14-23)21(24-6-3-7-28-9-12-29-13-10-28)26-22(20(18)16-27)25-15-17-4-2-11-30-17/h17H,2-13,15-16H2,1H3,(H2,24,25,26)/t17-/m0/s1. The predicted octanol–water partition coefficient (Wildman–Crippen LogP) is 1.67. The molecule has 0 amide bonds. The monoisotopic (exact) mass is 414 g/mol. The van der Waals surface area contributed by atoms with Gasteiger partial charge in [0.15, 0.2) is 0 Å². The van der Waals surface area contributed by atoms with Crippen molar-refractivity contribution in [3.05, 3.63) is 16.7 Å². The summed E-state index contributed by atoms with van der Waals surface area (Å²) in [5.74, 6) is 1.62. The Bertz CT molecular complexity index is 753. The number of hydrogen-bond donors (Lipinski definition) is 2. The van der Waals surface area contributed by atoms with E-state index in [1.165, 1.54) is 0 Å². The highest BCUT2D eigenvalue weighted by Crippen LogP contribution is 2.31. The van der Waals surface area contributed by atoms with Crippen LogP contribution in [0, 0.1) is 11.3 Å². The van der Waals surface area contributed by atoms with Crippen molar-refractivity contribution in [1.29, 1.82) is 5.26 Å². The van der Waals surface area contributed by atoms with Crippen LogP contribution in [-0.2, 0) is 22.4 Å². The van der Waals surface area contributed by atoms with Gasteiger partial charge >= 0.3 is 0 Å². The molecule has 8 heteroatoms. The first kappa shape index (κ1) is 21.3. The second-order valence-electron chi connectivity index (χ2n) is 8.49. The van der Waals surface area contributed by atoms with Crippen LogP contribution < -0.4 is 10.6 Å². The maximum atomic E-state index is 9.89. The molecule has 0 unspecified atom stereocenters. The lowest BCUT2D eigenvalue weighted by atomic mass is 9.96. The summed E-state index contributed by atoms with van der Waals surface area (Å²) in [7, 11) is 2.12. The minimum atomic E-state index is 0.254. The van der Waals surface area contributed by atoms with Gasteiger partial charge in [0.1, 0.15) is 17.7 Å². The van der Waals surface area contributed by atoms with Gasteiger partial charge in [0, 0.05) is 51.4 Å². The highest BCUT2D eigenvalue weighted by atomic mass is 16.5. The van der Waals surface area contributed by atoms with Crippen molar-refractivity contribution in [3.63, 3.8) is 0 Å². The fraction of sp³-hybridized carbons (Fsp3) is 0.727. The van der Waals surface area contributed by atoms with Crippen molar-refractivity contribution in [2.75, 3.05) is 76.8 Å². The van der Waals surface area contributed by atoms with E-state index in [0.717, 1.165) is 114 Å². The zero-order valence-corrected chi connectivity index (χ0v) is 18.1. The smallest absolute Gasteiger partial charge is 0.146 e. The SMILES string of the molecule is CN1CCc2c(C#N)c(NCCCN3CCOCC3)nc(NC[C@@H]3CCCO3)c2C1. The molecular weight excluding hydrogens is 380 g/mol. The van der Waals surface area contributed by atoms with Crippen LogP contribution in [0.5, 0.6) is 0 Å². The largest absolute Gasteiger partial charge is 0.379 e. The summed E-state index contributed by atoms with van der Waals surface area (Å²) >= 11 is 0. The van der Waals surface area contributed by atoms with Gasteiger partial charge in [-0.15, -0.1) is 0 Å². The number of nitrogens with one attached hydrogen (secondary N) is 2. The molecule has 2 fully saturated rings. The van der Waals surface area contributed by atoms with E-state index in [1.54, 1.807) is 0 Å². The Hall–Kier alpha value is -1.92. The van der Waals surface area contributed by atoms with Crippen LogP contribution in [0.3, 0.4) is 0 Å². The minimum Gasteiger partial charge on any atom is -0.379 e. The Kier molecular flexibility index (Phi) is 7.39. The van der Waals surface area contributed by atoms with Crippen LogP contribution in [0.1, 0.15) is 36.0 Å². The first-order chi connectivity index (χ1) is 14.7. The molecular formula is C22H34N6O2. The second kappa shape index (κ2) is 10.4. The second-order valence-corrected chi connectivity index (χ2v) is 8.49. The first-order valence-electron chi connectivity index (χ1n) is 11.3. The highest BCUT2D eigenvalue weighted by Gasteiger charge is 2.25. The molecule has 164 valence electrons. The van der Waals surface area contributed by atoms with Crippen molar-refractivity contribution >= 4 is 11.6 Å². The number of nitrogens with zero attached hydrogens (tertiary/aromatic N) is 4. The fourth-order valence-corrected chi connectivity index (χ4v) is 4.51. The molecule has 8 nitrogen and oxygen atoms in total. The minimum absolute atomic E-state index is 0.254. The molecule has 0 bridgehead atoms. The maximum Gasteiger partial charge on any atom is 0.146 e. The van der Waals surface area contributed by atoms with Gasteiger partial charge in [0.25, 0.3) is 0 Å². The summed E-state index contributed by atoms with van der Waals surface area (Å²) in [4.78, 5) is 9.60. The van der Waals surface area contributed by atoms with Crippen molar-refractivity contribution in [3.8, 4) is 6.07 Å². The number of morpholine rings is 1. The zero-order chi connectivity index (χ0) is 20.8. The molecule has 4 rings (SSSR count). The van der Waals surface area contributed by atoms with Crippen molar-refractivity contribution in [2.24, 2.45) is 0 Å². The molecule has 1 aromatic rings. The van der Waals surface area contributed by atoms with E-state index >= 15 is 0 Å². The highest BCUT2D eigenvalue weighted by molar-refractivity contribution is 5.66. The number of rotatable bonds is 8. The van der Waals surface area contributed by atoms with Crippen LogP contribution >= 0.6 is 0 Å². The Morgan fingerprint density at radius 3 is 2.77 bits per heavy atom. The molecule has 30 heavy (non-hydrogen) atoms. The Labute approximate surface area is 179 Å². The number of aromatic nitrogens is 1. The number of nitriles is 1. The quantitative estimate of drug-likeness (QED) is 0.622. The van der Waals surface area contributed by atoms with Crippen LogP contribution in [0.4, 0.5) is 11.6 Å². The topological polar surface area (TPSA) is 85.7 Å². The number of likely N-dealkylation sites (N-methyl/N-ethyl adjacent to an activating group) is 1. The van der Waals surface area contributed by atoms with E-state index in [0.29, 0.717) is 5.56 Å². The van der Waals surface area contributed by atoms with Crippen LogP contribution in [-0.4, -0.2) is 87.0 Å². The molecule has 0 saturated carbocycles. The summed E-state index contributed by atoms with van der Waals surface area (Å²) in [6.45, 7) is 8.92. The van der Waals surface area contributed by atoms with E-state index in [-0.39, 0.29) is 6.10 Å². The Morgan fingerprint density at radius 2 is 2.00 bits per heavy atom. The molecule has 0 aliphatic carbocycles. The van der Waals surface area contributed by atoms with Crippen molar-refractivity contribution < 1.29 is 9.47 Å². The van der Waals surface area contributed by atoms with Gasteiger partial charge in [-0.25, -0.2) is 4.98 Å². The molecule has 2 N–H and O–H groups in total. The van der Waals surface area contributed by atoms with E-state index < -0.39 is 0 Å². The van der Waals surface area contributed by atoms with Gasteiger partial charge in [-0.05, 0) is 44.8 Å². The van der Waals surface area contributed by atoms with Crippen LogP contribution in [0.15, 0.2) is 0 Å². The van der Waals surface area contributed by atoms with E-state index in [1.807, 2.05) is 0 Å². The third kappa shape index (κ3) is 5.22. The molecule has 1 atom stereocenters. The average Bonchev–Trinajstić information content (AvgIpc) is 3.29. The maximum absolute atomic E-state index is 9.89. The summed E-state index contributed by atoms with van der Waals surface area (Å²) in [5.41, 5.74) is 3.03. The lowest BCUT2D eigenvalue weighted by Crippen LogP contribution is -2.37. The fourth-order valence-electron chi connectivity index (χ4n) is 4.51. The molecule has 2 saturated heterocycles. The molecule has 0 spiro atoms. The summed E-state index contributed by atoms with van der Waals surface area (Å²) in [6, 6.07) is 2.43. The van der Waals surface area contributed by atoms with Gasteiger partial charge < -0.3 is 25.0 Å². The number of ether oxygens (including phenoxy) is 2. The molecule has 1 aromatic heterocycles. The summed E-state index contributed by atoms with van der Waals surface area (Å²) < 4.78 is 11.2.